The number of piperidine rings is 1. The van der Waals surface area contributed by atoms with E-state index in [1.165, 1.54) is 0 Å². The molecule has 0 spiro atoms. The molecule has 0 saturated carbocycles. The van der Waals surface area contributed by atoms with Crippen molar-refractivity contribution in [3.05, 3.63) is 64.0 Å². The van der Waals surface area contributed by atoms with E-state index >= 15 is 0 Å². The highest BCUT2D eigenvalue weighted by atomic mass is 16.4. The maximum Gasteiger partial charge on any atom is 0.417 e. The fourth-order valence-electron chi connectivity index (χ4n) is 5.72. The SMILES string of the molecule is Cc1cnc(Nc2cnc(C3CC4CCC(C3)N4C(=O)O)c(C)c2)nc1Nc1ccc2oc(=O)[nH]c2c1. The summed E-state index contributed by atoms with van der Waals surface area (Å²) in [6, 6.07) is 7.52. The van der Waals surface area contributed by atoms with Crippen molar-refractivity contribution in [1.29, 1.82) is 0 Å². The quantitative estimate of drug-likeness (QED) is 0.302. The smallest absolute Gasteiger partial charge is 0.417 e. The molecule has 11 nitrogen and oxygen atoms in total. The van der Waals surface area contributed by atoms with Crippen LogP contribution in [-0.4, -0.2) is 48.1 Å². The van der Waals surface area contributed by atoms with E-state index in [1.807, 2.05) is 26.0 Å². The Bertz CT molecular complexity index is 1550. The van der Waals surface area contributed by atoms with Crippen molar-refractivity contribution < 1.29 is 14.3 Å². The van der Waals surface area contributed by atoms with Crippen LogP contribution in [0.4, 0.5) is 27.9 Å². The fraction of sp³-hybridized carbons (Fsp3) is 0.346. The lowest BCUT2D eigenvalue weighted by Crippen LogP contribution is -2.45. The Hall–Kier alpha value is -4.41. The summed E-state index contributed by atoms with van der Waals surface area (Å²) in [6.45, 7) is 3.95. The number of hydrogen-bond donors (Lipinski definition) is 4. The van der Waals surface area contributed by atoms with Crippen LogP contribution in [0.25, 0.3) is 11.1 Å². The number of hydrogen-bond acceptors (Lipinski definition) is 8. The van der Waals surface area contributed by atoms with Gasteiger partial charge in [0.25, 0.3) is 0 Å². The highest BCUT2D eigenvalue weighted by Gasteiger charge is 2.44. The first-order valence-corrected chi connectivity index (χ1v) is 12.3. The fourth-order valence-corrected chi connectivity index (χ4v) is 5.72. The van der Waals surface area contributed by atoms with E-state index in [9.17, 15) is 14.7 Å². The molecule has 2 bridgehead atoms. The standard InChI is InChI=1S/C26H27N7O4/c1-13-7-17(12-27-22(13)15-8-18-4-5-19(9-15)33(18)26(35)36)30-24-28-11-14(2)23(32-24)29-16-3-6-21-20(10-16)31-25(34)37-21/h3,6-7,10-12,15,18-19H,4-5,8-9H2,1-2H3,(H,31,34)(H,35,36)(H2,28,29,30,32). The maximum absolute atomic E-state index is 11.6. The van der Waals surface area contributed by atoms with E-state index in [2.05, 4.69) is 25.6 Å². The number of H-pyrrole nitrogens is 1. The zero-order chi connectivity index (χ0) is 25.7. The van der Waals surface area contributed by atoms with Gasteiger partial charge in [0.1, 0.15) is 5.82 Å². The van der Waals surface area contributed by atoms with Crippen LogP contribution in [0.5, 0.6) is 0 Å². The van der Waals surface area contributed by atoms with Crippen molar-refractivity contribution in [2.24, 2.45) is 0 Å². The number of carboxylic acid groups (broad SMARTS) is 1. The van der Waals surface area contributed by atoms with Crippen molar-refractivity contribution in [3.8, 4) is 0 Å². The van der Waals surface area contributed by atoms with Gasteiger partial charge in [-0.1, -0.05) is 0 Å². The van der Waals surface area contributed by atoms with Crippen LogP contribution in [-0.2, 0) is 0 Å². The molecular weight excluding hydrogens is 474 g/mol. The number of carbonyl (C=O) groups is 1. The molecule has 4 aromatic rings. The summed E-state index contributed by atoms with van der Waals surface area (Å²) < 4.78 is 5.06. The van der Waals surface area contributed by atoms with E-state index in [-0.39, 0.29) is 18.0 Å². The molecule has 2 unspecified atom stereocenters. The van der Waals surface area contributed by atoms with Gasteiger partial charge in [0, 0.05) is 41.1 Å². The van der Waals surface area contributed by atoms with Crippen molar-refractivity contribution in [1.82, 2.24) is 24.8 Å². The molecule has 2 fully saturated rings. The predicted molar refractivity (Wildman–Crippen MR) is 138 cm³/mol. The summed E-state index contributed by atoms with van der Waals surface area (Å²) >= 11 is 0. The number of fused-ring (bicyclic) bond motifs is 3. The number of pyridine rings is 1. The molecule has 6 rings (SSSR count). The third-order valence-corrected chi connectivity index (χ3v) is 7.37. The van der Waals surface area contributed by atoms with Gasteiger partial charge < -0.3 is 25.1 Å². The summed E-state index contributed by atoms with van der Waals surface area (Å²) in [5.74, 6) is 0.818. The van der Waals surface area contributed by atoms with Crippen molar-refractivity contribution in [2.75, 3.05) is 10.6 Å². The minimum absolute atomic E-state index is 0.0848. The van der Waals surface area contributed by atoms with Crippen molar-refractivity contribution >= 4 is 40.3 Å². The van der Waals surface area contributed by atoms with E-state index in [1.54, 1.807) is 29.4 Å². The van der Waals surface area contributed by atoms with Crippen LogP contribution in [0.3, 0.4) is 0 Å². The molecule has 2 aliphatic heterocycles. The van der Waals surface area contributed by atoms with Gasteiger partial charge in [0.15, 0.2) is 5.58 Å². The molecule has 11 heteroatoms. The van der Waals surface area contributed by atoms with Crippen LogP contribution in [0, 0.1) is 13.8 Å². The maximum atomic E-state index is 11.6. The number of anilines is 4. The lowest BCUT2D eigenvalue weighted by atomic mass is 9.86. The molecule has 2 saturated heterocycles. The first-order valence-electron chi connectivity index (χ1n) is 12.3. The third kappa shape index (κ3) is 4.37. The number of nitrogens with zero attached hydrogens (tertiary/aromatic N) is 4. The zero-order valence-corrected chi connectivity index (χ0v) is 20.5. The molecule has 0 aliphatic carbocycles. The monoisotopic (exact) mass is 501 g/mol. The Morgan fingerprint density at radius 3 is 2.57 bits per heavy atom. The van der Waals surface area contributed by atoms with Gasteiger partial charge in [-0.15, -0.1) is 0 Å². The number of benzene rings is 1. The second-order valence-electron chi connectivity index (χ2n) is 9.87. The number of aryl methyl sites for hydroxylation is 2. The van der Waals surface area contributed by atoms with E-state index in [0.717, 1.165) is 53.9 Å². The molecule has 37 heavy (non-hydrogen) atoms. The number of oxazole rings is 1. The first kappa shape index (κ1) is 23.0. The molecular formula is C26H27N7O4. The van der Waals surface area contributed by atoms with Crippen LogP contribution in [0.2, 0.25) is 0 Å². The van der Waals surface area contributed by atoms with Crippen LogP contribution < -0.4 is 16.4 Å². The van der Waals surface area contributed by atoms with Crippen molar-refractivity contribution in [3.63, 3.8) is 0 Å². The topological polar surface area (TPSA) is 149 Å². The van der Waals surface area contributed by atoms with E-state index < -0.39 is 11.8 Å². The summed E-state index contributed by atoms with van der Waals surface area (Å²) in [7, 11) is 0. The summed E-state index contributed by atoms with van der Waals surface area (Å²) in [5, 5.41) is 16.1. The minimum Gasteiger partial charge on any atom is -0.465 e. The van der Waals surface area contributed by atoms with Crippen molar-refractivity contribution in [2.45, 2.75) is 57.5 Å². The Balaban J connectivity index is 1.18. The molecule has 2 atom stereocenters. The highest BCUT2D eigenvalue weighted by molar-refractivity contribution is 5.78. The predicted octanol–water partition coefficient (Wildman–Crippen LogP) is 4.80. The number of aromatic amines is 1. The normalized spacial score (nSPS) is 20.8. The zero-order valence-electron chi connectivity index (χ0n) is 20.5. The molecule has 3 aromatic heterocycles. The molecule has 5 heterocycles. The number of aromatic nitrogens is 4. The summed E-state index contributed by atoms with van der Waals surface area (Å²) in [4.78, 5) is 41.1. The largest absolute Gasteiger partial charge is 0.465 e. The Kier molecular flexibility index (Phi) is 5.54. The van der Waals surface area contributed by atoms with E-state index in [0.29, 0.717) is 22.9 Å². The van der Waals surface area contributed by atoms with Crippen LogP contribution >= 0.6 is 0 Å². The number of nitrogens with one attached hydrogen (secondary N) is 3. The average Bonchev–Trinajstić information content (AvgIpc) is 3.36. The van der Waals surface area contributed by atoms with Crippen LogP contribution in [0.15, 0.2) is 45.9 Å². The summed E-state index contributed by atoms with van der Waals surface area (Å²) in [5.41, 5.74) is 5.57. The Morgan fingerprint density at radius 1 is 1.05 bits per heavy atom. The molecule has 2 aliphatic rings. The molecule has 1 aromatic carbocycles. The van der Waals surface area contributed by atoms with Gasteiger partial charge in [0.2, 0.25) is 5.95 Å². The molecule has 1 amide bonds. The number of amides is 1. The van der Waals surface area contributed by atoms with Gasteiger partial charge in [-0.2, -0.15) is 4.98 Å². The van der Waals surface area contributed by atoms with Gasteiger partial charge in [-0.05, 0) is 69.4 Å². The Labute approximate surface area is 212 Å². The van der Waals surface area contributed by atoms with Gasteiger partial charge in [-0.3, -0.25) is 9.97 Å². The van der Waals surface area contributed by atoms with E-state index in [4.69, 9.17) is 9.40 Å². The highest BCUT2D eigenvalue weighted by Crippen LogP contribution is 2.43. The number of rotatable bonds is 5. The van der Waals surface area contributed by atoms with Gasteiger partial charge in [-0.25, -0.2) is 14.6 Å². The third-order valence-electron chi connectivity index (χ3n) is 7.37. The summed E-state index contributed by atoms with van der Waals surface area (Å²) in [6.07, 6.45) is 6.21. The molecule has 4 N–H and O–H groups in total. The van der Waals surface area contributed by atoms with Gasteiger partial charge >= 0.3 is 11.8 Å². The minimum atomic E-state index is -0.806. The second kappa shape index (κ2) is 8.91. The average molecular weight is 502 g/mol. The first-order chi connectivity index (χ1) is 17.8. The lowest BCUT2D eigenvalue weighted by Gasteiger charge is -2.37. The van der Waals surface area contributed by atoms with Crippen LogP contribution in [0.1, 0.15) is 48.4 Å². The lowest BCUT2D eigenvalue weighted by molar-refractivity contribution is 0.0960. The van der Waals surface area contributed by atoms with Gasteiger partial charge in [0.05, 0.1) is 17.4 Å². The Morgan fingerprint density at radius 2 is 1.84 bits per heavy atom. The molecule has 190 valence electrons. The molecule has 0 radical (unpaired) electrons. The second-order valence-corrected chi connectivity index (χ2v) is 9.87.